The lowest BCUT2D eigenvalue weighted by Gasteiger charge is -2.27. The van der Waals surface area contributed by atoms with Gasteiger partial charge in [0.05, 0.1) is 5.41 Å². The van der Waals surface area contributed by atoms with E-state index in [4.69, 9.17) is 5.73 Å². The molecule has 19 heavy (non-hydrogen) atoms. The normalized spacial score (nSPS) is 18.3. The van der Waals surface area contributed by atoms with E-state index in [1.807, 2.05) is 0 Å². The molecule has 1 aliphatic carbocycles. The third-order valence-corrected chi connectivity index (χ3v) is 3.57. The standard InChI is InChI=1S/C12H21N3O4/c1-11(2,8(13)16)6-14-10(19)15-12(3,9(17)18)7-4-5-7/h7H,4-6H2,1-3H3,(H2,13,16)(H,17,18)(H2,14,15,19). The molecule has 1 aliphatic rings. The maximum atomic E-state index is 11.7. The van der Waals surface area contributed by atoms with Gasteiger partial charge in [0.2, 0.25) is 5.91 Å². The molecule has 5 N–H and O–H groups in total. The summed E-state index contributed by atoms with van der Waals surface area (Å²) < 4.78 is 0. The molecule has 0 bridgehead atoms. The highest BCUT2D eigenvalue weighted by molar-refractivity contribution is 5.87. The zero-order chi connectivity index (χ0) is 14.8. The first-order valence-electron chi connectivity index (χ1n) is 6.19. The number of hydrogen-bond acceptors (Lipinski definition) is 3. The number of carbonyl (C=O) groups excluding carboxylic acids is 2. The Morgan fingerprint density at radius 3 is 2.16 bits per heavy atom. The lowest BCUT2D eigenvalue weighted by molar-refractivity contribution is -0.144. The number of hydrogen-bond donors (Lipinski definition) is 4. The predicted octanol–water partition coefficient (Wildman–Crippen LogP) is 0.0504. The summed E-state index contributed by atoms with van der Waals surface area (Å²) in [7, 11) is 0. The largest absolute Gasteiger partial charge is 0.480 e. The number of rotatable bonds is 6. The van der Waals surface area contributed by atoms with Gasteiger partial charge in [-0.05, 0) is 39.5 Å². The monoisotopic (exact) mass is 271 g/mol. The van der Waals surface area contributed by atoms with Gasteiger partial charge in [-0.3, -0.25) is 4.79 Å². The molecule has 7 nitrogen and oxygen atoms in total. The van der Waals surface area contributed by atoms with Crippen LogP contribution in [0, 0.1) is 11.3 Å². The van der Waals surface area contributed by atoms with Gasteiger partial charge in [0, 0.05) is 6.54 Å². The topological polar surface area (TPSA) is 122 Å². The van der Waals surface area contributed by atoms with E-state index in [9.17, 15) is 19.5 Å². The van der Waals surface area contributed by atoms with Crippen LogP contribution in [0.25, 0.3) is 0 Å². The Morgan fingerprint density at radius 1 is 1.26 bits per heavy atom. The van der Waals surface area contributed by atoms with Crippen molar-refractivity contribution in [2.75, 3.05) is 6.54 Å². The first kappa shape index (κ1) is 15.3. The van der Waals surface area contributed by atoms with Crippen LogP contribution in [0.3, 0.4) is 0 Å². The van der Waals surface area contributed by atoms with E-state index in [2.05, 4.69) is 10.6 Å². The lowest BCUT2D eigenvalue weighted by Crippen LogP contribution is -2.58. The number of carboxylic acids is 1. The van der Waals surface area contributed by atoms with E-state index in [0.717, 1.165) is 12.8 Å². The van der Waals surface area contributed by atoms with Crippen molar-refractivity contribution in [3.8, 4) is 0 Å². The van der Waals surface area contributed by atoms with Crippen molar-refractivity contribution >= 4 is 17.9 Å². The third-order valence-electron chi connectivity index (χ3n) is 3.57. The van der Waals surface area contributed by atoms with E-state index < -0.39 is 28.9 Å². The van der Waals surface area contributed by atoms with Crippen LogP contribution in [0.5, 0.6) is 0 Å². The van der Waals surface area contributed by atoms with Gasteiger partial charge in [-0.2, -0.15) is 0 Å². The number of carbonyl (C=O) groups is 3. The summed E-state index contributed by atoms with van der Waals surface area (Å²) in [6.07, 6.45) is 1.58. The molecule has 1 saturated carbocycles. The van der Waals surface area contributed by atoms with Crippen LogP contribution in [0.15, 0.2) is 0 Å². The average molecular weight is 271 g/mol. The van der Waals surface area contributed by atoms with Crippen LogP contribution in [0.2, 0.25) is 0 Å². The van der Waals surface area contributed by atoms with Crippen LogP contribution < -0.4 is 16.4 Å². The number of primary amides is 1. The van der Waals surface area contributed by atoms with Crippen molar-refractivity contribution in [2.24, 2.45) is 17.1 Å². The van der Waals surface area contributed by atoms with Crippen LogP contribution in [-0.2, 0) is 9.59 Å². The fourth-order valence-electron chi connectivity index (χ4n) is 1.66. The molecular weight excluding hydrogens is 250 g/mol. The molecule has 3 amide bonds. The molecule has 1 atom stereocenters. The van der Waals surface area contributed by atoms with Gasteiger partial charge >= 0.3 is 12.0 Å². The second-order valence-corrected chi connectivity index (χ2v) is 5.84. The van der Waals surface area contributed by atoms with Crippen LogP contribution in [-0.4, -0.2) is 35.1 Å². The zero-order valence-corrected chi connectivity index (χ0v) is 11.4. The number of urea groups is 1. The maximum absolute atomic E-state index is 11.7. The van der Waals surface area contributed by atoms with Gasteiger partial charge < -0.3 is 21.5 Å². The van der Waals surface area contributed by atoms with Gasteiger partial charge in [-0.1, -0.05) is 0 Å². The second kappa shape index (κ2) is 5.07. The molecule has 0 saturated heterocycles. The SMILES string of the molecule is CC(C)(CNC(=O)NC(C)(C(=O)O)C1CC1)C(N)=O. The molecular formula is C12H21N3O4. The summed E-state index contributed by atoms with van der Waals surface area (Å²) in [5, 5.41) is 14.1. The molecule has 1 fully saturated rings. The van der Waals surface area contributed by atoms with Crippen molar-refractivity contribution in [3.05, 3.63) is 0 Å². The first-order chi connectivity index (χ1) is 8.59. The minimum Gasteiger partial charge on any atom is -0.480 e. The van der Waals surface area contributed by atoms with Crippen LogP contribution in [0.1, 0.15) is 33.6 Å². The Hall–Kier alpha value is -1.79. The fraction of sp³-hybridized carbons (Fsp3) is 0.750. The summed E-state index contributed by atoms with van der Waals surface area (Å²) in [6, 6.07) is -0.605. The second-order valence-electron chi connectivity index (χ2n) is 5.84. The summed E-state index contributed by atoms with van der Waals surface area (Å²) in [5.41, 5.74) is 3.04. The quantitative estimate of drug-likeness (QED) is 0.545. The Balaban J connectivity index is 2.55. The van der Waals surface area contributed by atoms with Gasteiger partial charge in [-0.25, -0.2) is 9.59 Å². The molecule has 0 heterocycles. The highest BCUT2D eigenvalue weighted by Gasteiger charge is 2.48. The number of aliphatic carboxylic acids is 1. The molecule has 0 aromatic carbocycles. The van der Waals surface area contributed by atoms with Crippen molar-refractivity contribution in [1.82, 2.24) is 10.6 Å². The molecule has 108 valence electrons. The van der Waals surface area contributed by atoms with E-state index in [1.165, 1.54) is 6.92 Å². The molecule has 1 rings (SSSR count). The minimum atomic E-state index is -1.26. The lowest BCUT2D eigenvalue weighted by atomic mass is 9.93. The molecule has 0 aromatic rings. The van der Waals surface area contributed by atoms with Crippen molar-refractivity contribution < 1.29 is 19.5 Å². The number of amides is 3. The van der Waals surface area contributed by atoms with Crippen molar-refractivity contribution in [2.45, 2.75) is 39.2 Å². The number of carboxylic acid groups (broad SMARTS) is 1. The van der Waals surface area contributed by atoms with E-state index in [0.29, 0.717) is 0 Å². The van der Waals surface area contributed by atoms with E-state index >= 15 is 0 Å². The first-order valence-corrected chi connectivity index (χ1v) is 6.19. The zero-order valence-electron chi connectivity index (χ0n) is 11.4. The summed E-state index contributed by atoms with van der Waals surface area (Å²) in [4.78, 5) is 34.1. The molecule has 0 spiro atoms. The van der Waals surface area contributed by atoms with Gasteiger partial charge in [0.25, 0.3) is 0 Å². The maximum Gasteiger partial charge on any atom is 0.329 e. The molecule has 0 aliphatic heterocycles. The summed E-state index contributed by atoms with van der Waals surface area (Å²) in [5.74, 6) is -1.63. The summed E-state index contributed by atoms with van der Waals surface area (Å²) in [6.45, 7) is 4.75. The Kier molecular flexibility index (Phi) is 4.07. The highest BCUT2D eigenvalue weighted by atomic mass is 16.4. The average Bonchev–Trinajstić information content (AvgIpc) is 3.09. The van der Waals surface area contributed by atoms with Gasteiger partial charge in [-0.15, -0.1) is 0 Å². The Labute approximate surface area is 111 Å². The van der Waals surface area contributed by atoms with Crippen LogP contribution in [0.4, 0.5) is 4.79 Å². The number of nitrogens with one attached hydrogen (secondary N) is 2. The van der Waals surface area contributed by atoms with Gasteiger partial charge in [0.1, 0.15) is 5.54 Å². The Morgan fingerprint density at radius 2 is 1.79 bits per heavy atom. The highest BCUT2D eigenvalue weighted by Crippen LogP contribution is 2.39. The molecule has 7 heteroatoms. The molecule has 1 unspecified atom stereocenters. The van der Waals surface area contributed by atoms with Crippen molar-refractivity contribution in [1.29, 1.82) is 0 Å². The Bertz CT molecular complexity index is 404. The van der Waals surface area contributed by atoms with E-state index in [-0.39, 0.29) is 12.5 Å². The van der Waals surface area contributed by atoms with Crippen LogP contribution >= 0.6 is 0 Å². The number of nitrogens with two attached hydrogens (primary N) is 1. The predicted molar refractivity (Wildman–Crippen MR) is 68.3 cm³/mol. The van der Waals surface area contributed by atoms with Gasteiger partial charge in [0.15, 0.2) is 0 Å². The molecule has 0 aromatic heterocycles. The minimum absolute atomic E-state index is 0.0418. The fourth-order valence-corrected chi connectivity index (χ4v) is 1.66. The van der Waals surface area contributed by atoms with Crippen molar-refractivity contribution in [3.63, 3.8) is 0 Å². The summed E-state index contributed by atoms with van der Waals surface area (Å²) >= 11 is 0. The molecule has 0 radical (unpaired) electrons. The third kappa shape index (κ3) is 3.59. The van der Waals surface area contributed by atoms with E-state index in [1.54, 1.807) is 13.8 Å². The smallest absolute Gasteiger partial charge is 0.329 e.